The molecule has 2 N–H and O–H groups in total. The number of benzene rings is 1. The number of hydrogen-bond donors (Lipinski definition) is 2. The summed E-state index contributed by atoms with van der Waals surface area (Å²) in [4.78, 5) is 0. The van der Waals surface area contributed by atoms with Crippen molar-refractivity contribution in [3.63, 3.8) is 0 Å². The van der Waals surface area contributed by atoms with E-state index in [2.05, 4.69) is 12.2 Å². The molecule has 0 aromatic heterocycles. The minimum absolute atomic E-state index is 0.330. The van der Waals surface area contributed by atoms with Crippen LogP contribution in [0.5, 0.6) is 0 Å². The van der Waals surface area contributed by atoms with E-state index in [1.807, 2.05) is 30.3 Å². The third kappa shape index (κ3) is 3.06. The number of nitrogens with one attached hydrogen (secondary N) is 1. The molecule has 1 heterocycles. The third-order valence-corrected chi connectivity index (χ3v) is 3.40. The Balaban J connectivity index is 1.89. The maximum atomic E-state index is 10.1. The predicted molar refractivity (Wildman–Crippen MR) is 66.3 cm³/mol. The second-order valence-electron chi connectivity index (χ2n) is 4.86. The second-order valence-corrected chi connectivity index (χ2v) is 4.86. The van der Waals surface area contributed by atoms with Gasteiger partial charge in [0, 0.05) is 12.1 Å². The lowest BCUT2D eigenvalue weighted by atomic mass is 9.93. The summed E-state index contributed by atoms with van der Waals surface area (Å²) in [7, 11) is 0. The highest BCUT2D eigenvalue weighted by molar-refractivity contribution is 5.17. The van der Waals surface area contributed by atoms with Crippen LogP contribution in [0.1, 0.15) is 44.3 Å². The molecular weight excluding hydrogens is 198 g/mol. The maximum absolute atomic E-state index is 10.1. The van der Waals surface area contributed by atoms with Crippen LogP contribution in [-0.4, -0.2) is 17.2 Å². The minimum atomic E-state index is -0.330. The molecule has 2 heteroatoms. The van der Waals surface area contributed by atoms with Gasteiger partial charge in [0.1, 0.15) is 0 Å². The zero-order valence-corrected chi connectivity index (χ0v) is 9.89. The Morgan fingerprint density at radius 2 is 2.06 bits per heavy atom. The molecule has 1 fully saturated rings. The fourth-order valence-corrected chi connectivity index (χ4v) is 2.51. The van der Waals surface area contributed by atoms with Crippen LogP contribution in [0.25, 0.3) is 0 Å². The summed E-state index contributed by atoms with van der Waals surface area (Å²) in [6.07, 6.45) is 4.23. The van der Waals surface area contributed by atoms with E-state index in [1.165, 1.54) is 19.3 Å². The summed E-state index contributed by atoms with van der Waals surface area (Å²) in [5.41, 5.74) is 1.03. The molecule has 0 saturated carbocycles. The molecule has 0 bridgehead atoms. The van der Waals surface area contributed by atoms with E-state index >= 15 is 0 Å². The van der Waals surface area contributed by atoms with Crippen LogP contribution in [-0.2, 0) is 0 Å². The first-order valence-corrected chi connectivity index (χ1v) is 6.25. The van der Waals surface area contributed by atoms with Crippen molar-refractivity contribution in [1.82, 2.24) is 5.32 Å². The molecule has 0 amide bonds. The van der Waals surface area contributed by atoms with Gasteiger partial charge in [-0.3, -0.25) is 0 Å². The topological polar surface area (TPSA) is 32.3 Å². The summed E-state index contributed by atoms with van der Waals surface area (Å²) in [6, 6.07) is 11.0. The quantitative estimate of drug-likeness (QED) is 0.819. The van der Waals surface area contributed by atoms with Crippen molar-refractivity contribution in [3.05, 3.63) is 35.9 Å². The smallest absolute Gasteiger partial charge is 0.0804 e. The lowest BCUT2D eigenvalue weighted by molar-refractivity contribution is 0.139. The van der Waals surface area contributed by atoms with Gasteiger partial charge in [-0.15, -0.1) is 0 Å². The van der Waals surface area contributed by atoms with Gasteiger partial charge in [-0.1, -0.05) is 36.8 Å². The summed E-state index contributed by atoms with van der Waals surface area (Å²) in [6.45, 7) is 2.22. The molecule has 88 valence electrons. The highest BCUT2D eigenvalue weighted by Gasteiger charge is 2.20. The first-order valence-electron chi connectivity index (χ1n) is 6.25. The molecule has 1 aromatic rings. The van der Waals surface area contributed by atoms with Gasteiger partial charge < -0.3 is 10.4 Å². The van der Waals surface area contributed by atoms with Crippen molar-refractivity contribution in [1.29, 1.82) is 0 Å². The highest BCUT2D eigenvalue weighted by atomic mass is 16.3. The monoisotopic (exact) mass is 219 g/mol. The molecule has 0 unspecified atom stereocenters. The Morgan fingerprint density at radius 1 is 1.31 bits per heavy atom. The summed E-state index contributed by atoms with van der Waals surface area (Å²) >= 11 is 0. The SMILES string of the molecule is C[C@@H]1CCC[C@H](C[C@@H](O)c2ccccc2)N1. The molecule has 0 aliphatic carbocycles. The molecule has 1 saturated heterocycles. The van der Waals surface area contributed by atoms with Gasteiger partial charge in [0.15, 0.2) is 0 Å². The van der Waals surface area contributed by atoms with Gasteiger partial charge in [-0.25, -0.2) is 0 Å². The summed E-state index contributed by atoms with van der Waals surface area (Å²) in [5.74, 6) is 0. The summed E-state index contributed by atoms with van der Waals surface area (Å²) < 4.78 is 0. The number of hydrogen-bond acceptors (Lipinski definition) is 2. The van der Waals surface area contributed by atoms with Crippen LogP contribution in [0, 0.1) is 0 Å². The second kappa shape index (κ2) is 5.46. The van der Waals surface area contributed by atoms with Crippen molar-refractivity contribution in [3.8, 4) is 0 Å². The van der Waals surface area contributed by atoms with Crippen molar-refractivity contribution in [2.45, 2.75) is 50.8 Å². The van der Waals surface area contributed by atoms with E-state index in [4.69, 9.17) is 0 Å². The van der Waals surface area contributed by atoms with Crippen molar-refractivity contribution >= 4 is 0 Å². The molecule has 0 spiro atoms. The van der Waals surface area contributed by atoms with Gasteiger partial charge in [-0.05, 0) is 31.7 Å². The van der Waals surface area contributed by atoms with Crippen molar-refractivity contribution in [2.75, 3.05) is 0 Å². The number of piperidine rings is 1. The molecule has 1 aliphatic rings. The highest BCUT2D eigenvalue weighted by Crippen LogP contribution is 2.23. The number of rotatable bonds is 3. The van der Waals surface area contributed by atoms with E-state index in [-0.39, 0.29) is 6.10 Å². The molecule has 2 rings (SSSR count). The lowest BCUT2D eigenvalue weighted by Crippen LogP contribution is -2.41. The summed E-state index contributed by atoms with van der Waals surface area (Å²) in [5, 5.41) is 13.7. The molecule has 1 aliphatic heterocycles. The molecule has 2 nitrogen and oxygen atoms in total. The van der Waals surface area contributed by atoms with Crippen molar-refractivity contribution in [2.24, 2.45) is 0 Å². The van der Waals surface area contributed by atoms with E-state index in [9.17, 15) is 5.11 Å². The van der Waals surface area contributed by atoms with Crippen LogP contribution >= 0.6 is 0 Å². The van der Waals surface area contributed by atoms with E-state index in [0.29, 0.717) is 12.1 Å². The molecule has 1 aromatic carbocycles. The van der Waals surface area contributed by atoms with Crippen LogP contribution < -0.4 is 5.32 Å². The van der Waals surface area contributed by atoms with Crippen molar-refractivity contribution < 1.29 is 5.11 Å². The molecule has 16 heavy (non-hydrogen) atoms. The van der Waals surface area contributed by atoms with Gasteiger partial charge in [0.05, 0.1) is 6.10 Å². The Bertz CT molecular complexity index is 312. The number of aliphatic hydroxyl groups is 1. The fourth-order valence-electron chi connectivity index (χ4n) is 2.51. The van der Waals surface area contributed by atoms with Crippen LogP contribution in [0.2, 0.25) is 0 Å². The van der Waals surface area contributed by atoms with Crippen LogP contribution in [0.15, 0.2) is 30.3 Å². The predicted octanol–water partition coefficient (Wildman–Crippen LogP) is 2.64. The Hall–Kier alpha value is -0.860. The van der Waals surface area contributed by atoms with Gasteiger partial charge in [-0.2, -0.15) is 0 Å². The zero-order valence-electron chi connectivity index (χ0n) is 9.89. The average molecular weight is 219 g/mol. The average Bonchev–Trinajstić information content (AvgIpc) is 2.30. The zero-order chi connectivity index (χ0) is 11.4. The van der Waals surface area contributed by atoms with Gasteiger partial charge in [0.2, 0.25) is 0 Å². The molecule has 0 radical (unpaired) electrons. The minimum Gasteiger partial charge on any atom is -0.388 e. The Labute approximate surface area is 97.7 Å². The third-order valence-electron chi connectivity index (χ3n) is 3.40. The van der Waals surface area contributed by atoms with E-state index in [0.717, 1.165) is 12.0 Å². The normalized spacial score (nSPS) is 27.6. The fraction of sp³-hybridized carbons (Fsp3) is 0.571. The first-order chi connectivity index (χ1) is 7.75. The molecule has 3 atom stereocenters. The van der Waals surface area contributed by atoms with Gasteiger partial charge >= 0.3 is 0 Å². The largest absolute Gasteiger partial charge is 0.388 e. The molecular formula is C14H21NO. The first kappa shape index (κ1) is 11.6. The van der Waals surface area contributed by atoms with E-state index in [1.54, 1.807) is 0 Å². The van der Waals surface area contributed by atoms with Crippen LogP contribution in [0.3, 0.4) is 0 Å². The van der Waals surface area contributed by atoms with Crippen LogP contribution in [0.4, 0.5) is 0 Å². The lowest BCUT2D eigenvalue weighted by Gasteiger charge is -2.30. The maximum Gasteiger partial charge on any atom is 0.0804 e. The standard InChI is InChI=1S/C14H21NO/c1-11-6-5-9-13(15-11)10-14(16)12-7-3-2-4-8-12/h2-4,7-8,11,13-16H,5-6,9-10H2,1H3/t11-,13-,14-/m1/s1. The van der Waals surface area contributed by atoms with Gasteiger partial charge in [0.25, 0.3) is 0 Å². The van der Waals surface area contributed by atoms with E-state index < -0.39 is 0 Å². The Kier molecular flexibility index (Phi) is 3.97. The number of aliphatic hydroxyl groups excluding tert-OH is 1. The Morgan fingerprint density at radius 3 is 2.75 bits per heavy atom.